The molecule has 0 N–H and O–H groups in total. The molecule has 0 aromatic rings. The molecule has 9 atom stereocenters. The van der Waals surface area contributed by atoms with Crippen molar-refractivity contribution >= 4 is 174 Å². The van der Waals surface area contributed by atoms with Crippen LogP contribution < -0.4 is 58.7 Å². The molecule has 0 radical (unpaired) electrons. The van der Waals surface area contributed by atoms with Crippen LogP contribution in [0, 0.1) is 0 Å². The Hall–Kier alpha value is 4.02. The molecule has 0 rings (SSSR count). The first-order valence-electron chi connectivity index (χ1n) is 5.34. The Labute approximate surface area is 285 Å². The second-order valence-electron chi connectivity index (χ2n) is 1.09. The molecule has 40 heteroatoms. The summed E-state index contributed by atoms with van der Waals surface area (Å²) < 4.78 is 101. The second-order valence-corrected chi connectivity index (χ2v) is 3.27. The van der Waals surface area contributed by atoms with Crippen LogP contribution in [0.1, 0.15) is 0 Å². The van der Waals surface area contributed by atoms with Crippen molar-refractivity contribution < 1.29 is 114 Å². The summed E-state index contributed by atoms with van der Waals surface area (Å²) >= 11 is 0. The number of hydrogen-bond acceptors (Lipinski definition) is 24. The molecule has 0 bridgehead atoms. The van der Waals surface area contributed by atoms with Crippen LogP contribution in [-0.4, -0.2) is 69.4 Å². The van der Waals surface area contributed by atoms with Crippen LogP contribution in [0.25, 0.3) is 0 Å². The van der Waals surface area contributed by atoms with Gasteiger partial charge in [-0.05, 0) is 78.2 Å². The normalized spacial score (nSPS) is 8.10. The SMILES string of the molecule is O=P[O-].O=P[O-].O=P[O-].O=[PH2][O-].O=[PH2][O-].O=[PH2][O-].O=[PH2][O-].O=[PH2][O-].O=[PH2][O-].O=[PH2][O-].O=[PH2][O-].O=[PH2][O-].[Al+3].[Al+3].[Al+3].[Al+3]. The molecule has 0 aliphatic carbocycles. The first kappa shape index (κ1) is 104. The molecule has 24 nitrogen and oxygen atoms in total. The van der Waals surface area contributed by atoms with Crippen molar-refractivity contribution in [3.05, 3.63) is 0 Å². The number of hydrogen-bond donors (Lipinski definition) is 0. The summed E-state index contributed by atoms with van der Waals surface area (Å²) in [6, 6.07) is 0. The van der Waals surface area contributed by atoms with Crippen molar-refractivity contribution in [3.63, 3.8) is 0 Å². The maximum Gasteiger partial charge on any atom is 3.00 e. The van der Waals surface area contributed by atoms with E-state index in [4.69, 9.17) is 114 Å². The van der Waals surface area contributed by atoms with E-state index in [0.717, 1.165) is 0 Å². The average Bonchev–Trinajstić information content (AvgIpc) is 2.75. The molecule has 9 unspecified atom stereocenters. The zero-order valence-corrected chi connectivity index (χ0v) is 36.3. The van der Waals surface area contributed by atoms with Crippen molar-refractivity contribution in [2.75, 3.05) is 0 Å². The molecule has 234 valence electrons. The number of rotatable bonds is 0. The van der Waals surface area contributed by atoms with Crippen molar-refractivity contribution in [2.45, 2.75) is 0 Å². The smallest absolute Gasteiger partial charge is 0.804 e. The van der Waals surface area contributed by atoms with E-state index < -0.39 is 104 Å². The van der Waals surface area contributed by atoms with E-state index in [-0.39, 0.29) is 69.4 Å². The fraction of sp³-hybridized carbons (Fsp3) is 0. The topological polar surface area (TPSA) is 482 Å². The monoisotopic (exact) mass is 882 g/mol. The Kier molecular flexibility index (Phi) is 768. The maximum absolute atomic E-state index is 8.46. The summed E-state index contributed by atoms with van der Waals surface area (Å²) in [7, 11) is -19.0. The minimum atomic E-state index is -1.75. The van der Waals surface area contributed by atoms with Crippen LogP contribution in [0.3, 0.4) is 0 Å². The van der Waals surface area contributed by atoms with Crippen LogP contribution in [0.5, 0.6) is 0 Å². The van der Waals surface area contributed by atoms with Gasteiger partial charge in [0.1, 0.15) is 0 Å². The summed E-state index contributed by atoms with van der Waals surface area (Å²) in [4.78, 5) is 101. The molecular weight excluding hydrogens is 864 g/mol. The summed E-state index contributed by atoms with van der Waals surface area (Å²) in [5.41, 5.74) is 0. The summed E-state index contributed by atoms with van der Waals surface area (Å²) in [5.74, 6) is 0. The largest absolute Gasteiger partial charge is 3.00 e. The van der Waals surface area contributed by atoms with Crippen LogP contribution in [0.4, 0.5) is 0 Å². The third kappa shape index (κ3) is 4380. The molecule has 0 aliphatic heterocycles. The maximum atomic E-state index is 8.46. The van der Waals surface area contributed by atoms with Crippen LogP contribution in [0.15, 0.2) is 0 Å². The molecule has 0 aliphatic rings. The average molecular weight is 882 g/mol. The van der Waals surface area contributed by atoms with Gasteiger partial charge in [0, 0.05) is 0 Å². The molecule has 0 aromatic carbocycles. The zero-order chi connectivity index (χ0) is 32.5. The predicted molar refractivity (Wildman–Crippen MR) is 139 cm³/mol. The van der Waals surface area contributed by atoms with E-state index in [1.807, 2.05) is 0 Å². The van der Waals surface area contributed by atoms with Crippen molar-refractivity contribution in [1.82, 2.24) is 0 Å². The fourth-order valence-electron chi connectivity index (χ4n) is 0. The molecule has 0 fully saturated rings. The Balaban J connectivity index is -0.0000000111. The molecule has 40 heavy (non-hydrogen) atoms. The Morgan fingerprint density at radius 2 is 0.275 bits per heavy atom. The Bertz CT molecular complexity index is 271. The zero-order valence-electron chi connectivity index (χ0n) is 18.6. The Morgan fingerprint density at radius 1 is 0.275 bits per heavy atom. The molecular formula is H18Al4O24P12. The van der Waals surface area contributed by atoms with Crippen LogP contribution in [0.2, 0.25) is 0 Å². The van der Waals surface area contributed by atoms with E-state index in [1.165, 1.54) is 0 Å². The fourth-order valence-corrected chi connectivity index (χ4v) is 0. The molecule has 0 saturated heterocycles. The standard InChI is InChI=1S/4Al.9H3O2P.3HO2P/c;;;;12*1-3-2/h;;;;9*3H2,(H,1,2);3*(H,1,2)/q4*+3;;;;;;;;;;;;/p-12. The molecule has 0 aromatic heterocycles. The van der Waals surface area contributed by atoms with Gasteiger partial charge in [-0.3, -0.25) is 13.7 Å². The first-order valence-corrected chi connectivity index (χ1v) is 16.0. The second kappa shape index (κ2) is 296. The van der Waals surface area contributed by atoms with Gasteiger partial charge >= 0.3 is 69.4 Å². The van der Waals surface area contributed by atoms with Crippen LogP contribution in [-0.2, 0) is 54.8 Å². The van der Waals surface area contributed by atoms with E-state index in [2.05, 4.69) is 0 Å². The molecule has 0 spiro atoms. The van der Waals surface area contributed by atoms with E-state index in [0.29, 0.717) is 0 Å². The van der Waals surface area contributed by atoms with Crippen LogP contribution >= 0.6 is 104 Å². The van der Waals surface area contributed by atoms with E-state index in [9.17, 15) is 0 Å². The predicted octanol–water partition coefficient (Wildman–Crippen LogP) is -11.7. The van der Waals surface area contributed by atoms with Gasteiger partial charge in [-0.25, -0.2) is 0 Å². The molecule has 0 heterocycles. The van der Waals surface area contributed by atoms with E-state index in [1.54, 1.807) is 0 Å². The summed E-state index contributed by atoms with van der Waals surface area (Å²) in [6.45, 7) is 0. The van der Waals surface area contributed by atoms with Gasteiger partial charge in [-0.1, -0.05) is 0 Å². The first-order chi connectivity index (χ1) is 17.0. The van der Waals surface area contributed by atoms with Crippen molar-refractivity contribution in [1.29, 1.82) is 0 Å². The van der Waals surface area contributed by atoms with E-state index >= 15 is 0 Å². The third-order valence-corrected chi connectivity index (χ3v) is 0. The summed E-state index contributed by atoms with van der Waals surface area (Å²) in [6.07, 6.45) is 0. The summed E-state index contributed by atoms with van der Waals surface area (Å²) in [5, 5.41) is 0. The Morgan fingerprint density at radius 3 is 0.275 bits per heavy atom. The van der Waals surface area contributed by atoms with Gasteiger partial charge in [0.2, 0.25) is 0 Å². The van der Waals surface area contributed by atoms with Crippen molar-refractivity contribution in [3.8, 4) is 0 Å². The van der Waals surface area contributed by atoms with Gasteiger partial charge < -0.3 is 99.8 Å². The van der Waals surface area contributed by atoms with Crippen molar-refractivity contribution in [2.24, 2.45) is 0 Å². The minimum absolute atomic E-state index is 0. The molecule has 0 amide bonds. The minimum Gasteiger partial charge on any atom is -0.804 e. The quantitative estimate of drug-likeness (QED) is 0.161. The van der Waals surface area contributed by atoms with Gasteiger partial charge in [-0.2, -0.15) is 0 Å². The third-order valence-electron chi connectivity index (χ3n) is 0. The van der Waals surface area contributed by atoms with Gasteiger partial charge in [0.15, 0.2) is 0 Å². The van der Waals surface area contributed by atoms with Gasteiger partial charge in [-0.15, -0.1) is 0 Å². The van der Waals surface area contributed by atoms with Gasteiger partial charge in [0.05, 0.1) is 26.1 Å². The molecule has 0 saturated carbocycles. The van der Waals surface area contributed by atoms with Gasteiger partial charge in [0.25, 0.3) is 0 Å².